The topological polar surface area (TPSA) is 83.0 Å². The summed E-state index contributed by atoms with van der Waals surface area (Å²) in [5.74, 6) is 1.29. The maximum atomic E-state index is 14.1. The van der Waals surface area contributed by atoms with Gasteiger partial charge in [-0.05, 0) is 48.9 Å². The lowest BCUT2D eigenvalue weighted by atomic mass is 9.93. The van der Waals surface area contributed by atoms with Gasteiger partial charge in [0, 0.05) is 21.7 Å². The zero-order valence-corrected chi connectivity index (χ0v) is 25.1. The lowest BCUT2D eigenvalue weighted by Crippen LogP contribution is -2.40. The Hall–Kier alpha value is -4.47. The molecule has 1 atom stereocenters. The second-order valence-corrected chi connectivity index (χ2v) is 11.3. The number of thiazole rings is 1. The van der Waals surface area contributed by atoms with Crippen molar-refractivity contribution in [3.05, 3.63) is 138 Å². The second-order valence-electron chi connectivity index (χ2n) is 9.42. The van der Waals surface area contributed by atoms with Gasteiger partial charge in [-0.25, -0.2) is 9.79 Å². The van der Waals surface area contributed by atoms with E-state index in [1.165, 1.54) is 11.3 Å². The smallest absolute Gasteiger partial charge is 0.338 e. The number of carbonyl (C=O) groups excluding carboxylic acids is 1. The normalized spacial score (nSPS) is 14.8. The number of carbonyl (C=O) groups is 1. The molecule has 0 radical (unpaired) electrons. The fraction of sp³-hybridized carbons (Fsp3) is 0.121. The number of furan rings is 1. The van der Waals surface area contributed by atoms with Gasteiger partial charge in [0.05, 0.1) is 35.6 Å². The van der Waals surface area contributed by atoms with Crippen LogP contribution in [0.4, 0.5) is 0 Å². The van der Waals surface area contributed by atoms with Crippen molar-refractivity contribution in [3.8, 4) is 17.1 Å². The Balaban J connectivity index is 1.57. The van der Waals surface area contributed by atoms with Crippen LogP contribution in [-0.4, -0.2) is 24.3 Å². The number of halogens is 1. The largest absolute Gasteiger partial charge is 0.497 e. The number of esters is 1. The molecule has 0 saturated heterocycles. The summed E-state index contributed by atoms with van der Waals surface area (Å²) in [6.07, 6.45) is 1.71. The van der Waals surface area contributed by atoms with Gasteiger partial charge in [0.2, 0.25) is 0 Å². The zero-order valence-electron chi connectivity index (χ0n) is 22.7. The first-order valence-corrected chi connectivity index (χ1v) is 14.9. The maximum Gasteiger partial charge on any atom is 0.338 e. The Kier molecular flexibility index (Phi) is 7.78. The maximum absolute atomic E-state index is 14.1. The standard InChI is InChI=1S/C33H25BrN2O5S/c1-3-40-32(38)28-29(21-8-5-4-6-9-21)35-33-36(30(28)22-10-7-11-24(18-22)39-2)31(37)27(42-33)19-25-16-17-26(41-25)20-12-14-23(34)15-13-20/h4-19,30H,3H2,1-2H3/b27-19-/t30-/m0/s1. The number of methoxy groups -OCH3 is 1. The summed E-state index contributed by atoms with van der Waals surface area (Å²) in [4.78, 5) is 33.0. The quantitative estimate of drug-likeness (QED) is 0.205. The van der Waals surface area contributed by atoms with E-state index in [0.717, 1.165) is 15.6 Å². The molecule has 42 heavy (non-hydrogen) atoms. The first-order valence-electron chi connectivity index (χ1n) is 13.2. The van der Waals surface area contributed by atoms with E-state index in [4.69, 9.17) is 18.9 Å². The van der Waals surface area contributed by atoms with Gasteiger partial charge in [0.15, 0.2) is 4.80 Å². The SMILES string of the molecule is CCOC(=O)C1=C(c2ccccc2)N=c2s/c(=C\c3ccc(-c4ccc(Br)cc4)o3)c(=O)n2[C@H]1c1cccc(OC)c1. The lowest BCUT2D eigenvalue weighted by Gasteiger charge is -2.26. The summed E-state index contributed by atoms with van der Waals surface area (Å²) in [6, 6.07) is 27.5. The van der Waals surface area contributed by atoms with Gasteiger partial charge in [-0.3, -0.25) is 9.36 Å². The summed E-state index contributed by atoms with van der Waals surface area (Å²) < 4.78 is 20.1. The van der Waals surface area contributed by atoms with Crippen molar-refractivity contribution in [1.29, 1.82) is 0 Å². The fourth-order valence-corrected chi connectivity index (χ4v) is 6.14. The number of nitrogens with zero attached hydrogens (tertiary/aromatic N) is 2. The highest BCUT2D eigenvalue weighted by Crippen LogP contribution is 2.36. The number of hydrogen-bond donors (Lipinski definition) is 0. The van der Waals surface area contributed by atoms with Crippen molar-refractivity contribution in [1.82, 2.24) is 4.57 Å². The number of rotatable bonds is 7. The molecule has 0 unspecified atom stereocenters. The molecule has 3 aromatic carbocycles. The average Bonchev–Trinajstić information content (AvgIpc) is 3.61. The van der Waals surface area contributed by atoms with Crippen molar-refractivity contribution in [2.45, 2.75) is 13.0 Å². The predicted molar refractivity (Wildman–Crippen MR) is 166 cm³/mol. The Morgan fingerprint density at radius 2 is 1.81 bits per heavy atom. The monoisotopic (exact) mass is 640 g/mol. The molecule has 0 N–H and O–H groups in total. The Morgan fingerprint density at radius 3 is 2.55 bits per heavy atom. The fourth-order valence-electron chi connectivity index (χ4n) is 4.90. The number of aromatic nitrogens is 1. The van der Waals surface area contributed by atoms with Crippen LogP contribution in [0, 0.1) is 0 Å². The molecule has 3 heterocycles. The van der Waals surface area contributed by atoms with Gasteiger partial charge in [-0.15, -0.1) is 0 Å². The van der Waals surface area contributed by atoms with E-state index >= 15 is 0 Å². The van der Waals surface area contributed by atoms with E-state index in [1.54, 1.807) is 24.7 Å². The molecule has 0 saturated carbocycles. The molecule has 9 heteroatoms. The number of hydrogen-bond acceptors (Lipinski definition) is 7. The van der Waals surface area contributed by atoms with Gasteiger partial charge in [0.1, 0.15) is 17.3 Å². The molecule has 0 bridgehead atoms. The van der Waals surface area contributed by atoms with Crippen molar-refractivity contribution < 1.29 is 18.7 Å². The van der Waals surface area contributed by atoms with Gasteiger partial charge in [0.25, 0.3) is 5.56 Å². The number of ether oxygens (including phenoxy) is 2. The predicted octanol–water partition coefficient (Wildman–Crippen LogP) is 5.97. The van der Waals surface area contributed by atoms with Crippen molar-refractivity contribution >= 4 is 45.0 Å². The van der Waals surface area contributed by atoms with E-state index in [2.05, 4.69) is 15.9 Å². The molecule has 0 spiro atoms. The van der Waals surface area contributed by atoms with Crippen LogP contribution >= 0.6 is 27.3 Å². The molecule has 2 aromatic heterocycles. The molecule has 1 aliphatic rings. The van der Waals surface area contributed by atoms with Crippen LogP contribution < -0.4 is 19.6 Å². The van der Waals surface area contributed by atoms with Crippen LogP contribution in [0.25, 0.3) is 23.1 Å². The van der Waals surface area contributed by atoms with E-state index in [9.17, 15) is 9.59 Å². The molecule has 0 amide bonds. The van der Waals surface area contributed by atoms with Crippen LogP contribution in [0.1, 0.15) is 29.9 Å². The number of fused-ring (bicyclic) bond motifs is 1. The highest BCUT2D eigenvalue weighted by atomic mass is 79.9. The van der Waals surface area contributed by atoms with Crippen molar-refractivity contribution in [2.24, 2.45) is 4.99 Å². The summed E-state index contributed by atoms with van der Waals surface area (Å²) in [5, 5.41) is 0. The lowest BCUT2D eigenvalue weighted by molar-refractivity contribution is -0.138. The molecule has 1 aliphatic heterocycles. The van der Waals surface area contributed by atoms with Crippen LogP contribution in [0.3, 0.4) is 0 Å². The molecule has 5 aromatic rings. The Morgan fingerprint density at radius 1 is 1.02 bits per heavy atom. The molecular weight excluding hydrogens is 616 g/mol. The zero-order chi connectivity index (χ0) is 29.2. The van der Waals surface area contributed by atoms with Crippen LogP contribution in [0.5, 0.6) is 5.75 Å². The molecule has 6 rings (SSSR count). The highest BCUT2D eigenvalue weighted by Gasteiger charge is 2.35. The summed E-state index contributed by atoms with van der Waals surface area (Å²) >= 11 is 4.70. The molecule has 7 nitrogen and oxygen atoms in total. The molecule has 0 aliphatic carbocycles. The van der Waals surface area contributed by atoms with Crippen molar-refractivity contribution in [2.75, 3.05) is 13.7 Å². The summed E-state index contributed by atoms with van der Waals surface area (Å²) in [5.41, 5.74) is 2.82. The van der Waals surface area contributed by atoms with Crippen molar-refractivity contribution in [3.63, 3.8) is 0 Å². The van der Waals surface area contributed by atoms with Crippen LogP contribution in [0.15, 0.2) is 115 Å². The Bertz CT molecular complexity index is 1990. The highest BCUT2D eigenvalue weighted by molar-refractivity contribution is 9.10. The third-order valence-corrected chi connectivity index (χ3v) is 8.32. The van der Waals surface area contributed by atoms with Gasteiger partial charge < -0.3 is 13.9 Å². The minimum atomic E-state index is -0.789. The van der Waals surface area contributed by atoms with E-state index < -0.39 is 12.0 Å². The van der Waals surface area contributed by atoms with E-state index in [-0.39, 0.29) is 17.7 Å². The second kappa shape index (κ2) is 11.8. The van der Waals surface area contributed by atoms with Crippen LogP contribution in [0.2, 0.25) is 0 Å². The molecule has 0 fully saturated rings. The third-order valence-electron chi connectivity index (χ3n) is 6.81. The number of benzene rings is 3. The molecular formula is C33H25BrN2O5S. The summed E-state index contributed by atoms with van der Waals surface area (Å²) in [7, 11) is 1.58. The molecule has 210 valence electrons. The minimum Gasteiger partial charge on any atom is -0.497 e. The Labute approximate surface area is 253 Å². The van der Waals surface area contributed by atoms with E-state index in [0.29, 0.717) is 37.9 Å². The average molecular weight is 642 g/mol. The van der Waals surface area contributed by atoms with Gasteiger partial charge >= 0.3 is 5.97 Å². The van der Waals surface area contributed by atoms with Gasteiger partial charge in [-0.1, -0.05) is 81.9 Å². The third kappa shape index (κ3) is 5.29. The first-order chi connectivity index (χ1) is 20.5. The van der Waals surface area contributed by atoms with Gasteiger partial charge in [-0.2, -0.15) is 0 Å². The summed E-state index contributed by atoms with van der Waals surface area (Å²) in [6.45, 7) is 1.93. The van der Waals surface area contributed by atoms with Crippen LogP contribution in [-0.2, 0) is 9.53 Å². The van der Waals surface area contributed by atoms with E-state index in [1.807, 2.05) is 91.0 Å². The first kappa shape index (κ1) is 27.7. The minimum absolute atomic E-state index is 0.179.